The summed E-state index contributed by atoms with van der Waals surface area (Å²) in [5.41, 5.74) is -0.430. The fourth-order valence-electron chi connectivity index (χ4n) is 1.96. The summed E-state index contributed by atoms with van der Waals surface area (Å²) in [6.45, 7) is 2.38. The van der Waals surface area contributed by atoms with E-state index < -0.39 is 29.6 Å². The van der Waals surface area contributed by atoms with E-state index in [9.17, 15) is 19.5 Å². The van der Waals surface area contributed by atoms with Crippen LogP contribution in [0.4, 0.5) is 0 Å². The lowest BCUT2D eigenvalue weighted by Gasteiger charge is -2.14. The number of aliphatic hydroxyl groups excluding tert-OH is 1. The summed E-state index contributed by atoms with van der Waals surface area (Å²) >= 11 is 0. The maximum Gasteiger partial charge on any atom is 0.331 e. The zero-order chi connectivity index (χ0) is 15.6. The molecule has 21 heavy (non-hydrogen) atoms. The van der Waals surface area contributed by atoms with Gasteiger partial charge in [0.25, 0.3) is 5.56 Å². The van der Waals surface area contributed by atoms with Gasteiger partial charge in [-0.15, -0.1) is 0 Å². The minimum Gasteiger partial charge on any atom is -0.393 e. The number of nitrogens with zero attached hydrogens (tertiary/aromatic N) is 2. The largest absolute Gasteiger partial charge is 0.393 e. The van der Waals surface area contributed by atoms with Gasteiger partial charge >= 0.3 is 11.7 Å². The number of oxime groups is 1. The minimum atomic E-state index is -0.770. The number of aromatic amines is 1. The van der Waals surface area contributed by atoms with Gasteiger partial charge in [0.05, 0.1) is 12.3 Å². The number of aryl methyl sites for hydroxylation is 1. The molecule has 0 radical (unpaired) electrons. The zero-order valence-electron chi connectivity index (χ0n) is 11.5. The molecule has 0 unspecified atom stereocenters. The molecule has 0 bridgehead atoms. The van der Waals surface area contributed by atoms with Crippen molar-refractivity contribution in [2.24, 2.45) is 5.16 Å². The highest BCUT2D eigenvalue weighted by molar-refractivity contribution is 5.90. The van der Waals surface area contributed by atoms with Gasteiger partial charge in [-0.1, -0.05) is 5.16 Å². The van der Waals surface area contributed by atoms with Crippen LogP contribution in [0.3, 0.4) is 0 Å². The highest BCUT2D eigenvalue weighted by atomic mass is 16.7. The lowest BCUT2D eigenvalue weighted by molar-refractivity contribution is -0.141. The summed E-state index contributed by atoms with van der Waals surface area (Å²) in [7, 11) is 0. The van der Waals surface area contributed by atoms with Gasteiger partial charge in [0.15, 0.2) is 0 Å². The molecule has 1 aliphatic rings. The number of aliphatic hydroxyl groups is 1. The summed E-state index contributed by atoms with van der Waals surface area (Å²) in [5.74, 6) is -0.598. The second kappa shape index (κ2) is 6.02. The highest BCUT2D eigenvalue weighted by Crippen LogP contribution is 2.25. The predicted molar refractivity (Wildman–Crippen MR) is 70.9 cm³/mol. The minimum absolute atomic E-state index is 0.157. The summed E-state index contributed by atoms with van der Waals surface area (Å²) in [6, 6.07) is 0. The first-order valence-corrected chi connectivity index (χ1v) is 6.25. The molecule has 2 heterocycles. The van der Waals surface area contributed by atoms with Gasteiger partial charge in [-0.25, -0.2) is 9.59 Å². The Bertz CT molecular complexity index is 689. The molecule has 1 aromatic rings. The number of hydrogen-bond donors (Lipinski definition) is 2. The molecular formula is C12H15N3O6. The Balaban J connectivity index is 2.29. The summed E-state index contributed by atoms with van der Waals surface area (Å²) in [5, 5.41) is 12.9. The predicted octanol–water partition coefficient (Wildman–Crippen LogP) is -0.956. The van der Waals surface area contributed by atoms with Crippen molar-refractivity contribution < 1.29 is 19.5 Å². The molecule has 9 heteroatoms. The van der Waals surface area contributed by atoms with Gasteiger partial charge in [0.1, 0.15) is 12.3 Å². The number of carbonyl (C=O) groups excluding carboxylic acids is 1. The lowest BCUT2D eigenvalue weighted by atomic mass is 10.2. The number of ether oxygens (including phenoxy) is 1. The van der Waals surface area contributed by atoms with E-state index in [2.05, 4.69) is 15.0 Å². The van der Waals surface area contributed by atoms with Gasteiger partial charge in [0, 0.05) is 25.1 Å². The van der Waals surface area contributed by atoms with Crippen molar-refractivity contribution in [2.45, 2.75) is 32.6 Å². The van der Waals surface area contributed by atoms with Crippen molar-refractivity contribution in [3.63, 3.8) is 0 Å². The first-order valence-electron chi connectivity index (χ1n) is 6.25. The van der Waals surface area contributed by atoms with Crippen LogP contribution in [0.1, 0.15) is 25.1 Å². The summed E-state index contributed by atoms with van der Waals surface area (Å²) in [4.78, 5) is 40.6. The van der Waals surface area contributed by atoms with E-state index in [1.165, 1.54) is 17.7 Å². The van der Waals surface area contributed by atoms with Crippen LogP contribution in [0.2, 0.25) is 0 Å². The quantitative estimate of drug-likeness (QED) is 0.547. The lowest BCUT2D eigenvalue weighted by Crippen LogP contribution is -2.33. The zero-order valence-corrected chi connectivity index (χ0v) is 11.5. The van der Waals surface area contributed by atoms with Gasteiger partial charge in [0.2, 0.25) is 0 Å². The van der Waals surface area contributed by atoms with Crippen LogP contribution in [0.25, 0.3) is 0 Å². The normalized spacial score (nSPS) is 23.5. The molecule has 2 atom stereocenters. The molecule has 0 amide bonds. The van der Waals surface area contributed by atoms with Gasteiger partial charge in [-0.3, -0.25) is 14.3 Å². The molecule has 0 spiro atoms. The van der Waals surface area contributed by atoms with Gasteiger partial charge < -0.3 is 14.7 Å². The van der Waals surface area contributed by atoms with E-state index in [1.54, 1.807) is 6.92 Å². The molecule has 0 aromatic carbocycles. The second-order valence-corrected chi connectivity index (χ2v) is 4.61. The maximum absolute atomic E-state index is 11.8. The molecule has 1 saturated heterocycles. The molecule has 0 aliphatic carbocycles. The molecule has 9 nitrogen and oxygen atoms in total. The van der Waals surface area contributed by atoms with Crippen molar-refractivity contribution >= 4 is 11.7 Å². The monoisotopic (exact) mass is 297 g/mol. The third-order valence-corrected chi connectivity index (χ3v) is 2.99. The molecular weight excluding hydrogens is 282 g/mol. The van der Waals surface area contributed by atoms with Crippen molar-refractivity contribution in [1.82, 2.24) is 9.55 Å². The van der Waals surface area contributed by atoms with E-state index in [4.69, 9.17) is 4.74 Å². The number of H-pyrrole nitrogens is 1. The van der Waals surface area contributed by atoms with Crippen LogP contribution >= 0.6 is 0 Å². The first kappa shape index (κ1) is 15.1. The van der Waals surface area contributed by atoms with E-state index >= 15 is 0 Å². The molecule has 1 aliphatic heterocycles. The molecule has 2 N–H and O–H groups in total. The summed E-state index contributed by atoms with van der Waals surface area (Å²) in [6.07, 6.45) is 0.0202. The number of hydrogen-bond acceptors (Lipinski definition) is 7. The van der Waals surface area contributed by atoms with Gasteiger partial charge in [-0.05, 0) is 6.92 Å². The average Bonchev–Trinajstić information content (AvgIpc) is 2.83. The van der Waals surface area contributed by atoms with Crippen molar-refractivity contribution in [3.8, 4) is 0 Å². The molecule has 1 fully saturated rings. The molecule has 1 aromatic heterocycles. The maximum atomic E-state index is 11.8. The van der Waals surface area contributed by atoms with Crippen LogP contribution in [0, 0.1) is 6.92 Å². The van der Waals surface area contributed by atoms with E-state index in [0.29, 0.717) is 11.3 Å². The highest BCUT2D eigenvalue weighted by Gasteiger charge is 2.33. The fourth-order valence-corrected chi connectivity index (χ4v) is 1.96. The Morgan fingerprint density at radius 3 is 2.95 bits per heavy atom. The molecule has 114 valence electrons. The Morgan fingerprint density at radius 1 is 1.62 bits per heavy atom. The van der Waals surface area contributed by atoms with Crippen molar-refractivity contribution in [2.75, 3.05) is 6.61 Å². The van der Waals surface area contributed by atoms with Crippen LogP contribution in [-0.4, -0.2) is 39.0 Å². The van der Waals surface area contributed by atoms with Crippen molar-refractivity contribution in [3.05, 3.63) is 32.6 Å². The molecule has 2 rings (SSSR count). The topological polar surface area (TPSA) is 123 Å². The van der Waals surface area contributed by atoms with Crippen LogP contribution < -0.4 is 11.2 Å². The average molecular weight is 297 g/mol. The second-order valence-electron chi connectivity index (χ2n) is 4.61. The van der Waals surface area contributed by atoms with Gasteiger partial charge in [-0.2, -0.15) is 0 Å². The molecule has 0 saturated carbocycles. The van der Waals surface area contributed by atoms with Crippen LogP contribution in [0.5, 0.6) is 0 Å². The SMILES string of the molecule is CC(=O)O/N=C1/C[C@H](n2cc(C)c(=O)[nH]c2=O)O[C@@H]1CO. The Kier molecular flexibility index (Phi) is 4.34. The van der Waals surface area contributed by atoms with E-state index in [1.807, 2.05) is 0 Å². The number of rotatable bonds is 3. The number of nitrogens with one attached hydrogen (secondary N) is 1. The smallest absolute Gasteiger partial charge is 0.331 e. The van der Waals surface area contributed by atoms with Crippen LogP contribution in [0.15, 0.2) is 20.9 Å². The van der Waals surface area contributed by atoms with E-state index in [0.717, 1.165) is 0 Å². The van der Waals surface area contributed by atoms with Crippen LogP contribution in [-0.2, 0) is 14.4 Å². The fraction of sp³-hybridized carbons (Fsp3) is 0.500. The van der Waals surface area contributed by atoms with Crippen molar-refractivity contribution in [1.29, 1.82) is 0 Å². The third-order valence-electron chi connectivity index (χ3n) is 2.99. The third kappa shape index (κ3) is 3.26. The van der Waals surface area contributed by atoms with E-state index in [-0.39, 0.29) is 13.0 Å². The number of aromatic nitrogens is 2. The Labute approximate surface area is 118 Å². The number of carbonyl (C=O) groups is 1. The summed E-state index contributed by atoms with van der Waals surface area (Å²) < 4.78 is 6.69. The standard InChI is InChI=1S/C12H15N3O6/c1-6-4-15(12(19)13-11(6)18)10-3-8(9(5-16)20-10)14-21-7(2)17/h4,9-10,16H,3,5H2,1-2H3,(H,13,18,19)/b14-8-/t9-,10-/m1/s1. The Hall–Kier alpha value is -2.26. The first-order chi connectivity index (χ1) is 9.92. The Morgan fingerprint density at radius 2 is 2.33 bits per heavy atom.